The normalized spacial score (nSPS) is 44.9. The van der Waals surface area contributed by atoms with E-state index in [2.05, 4.69) is 17.6 Å². The second-order valence-corrected chi connectivity index (χ2v) is 8.06. The van der Waals surface area contributed by atoms with Gasteiger partial charge in [0.15, 0.2) is 0 Å². The maximum atomic E-state index is 10.8. The first kappa shape index (κ1) is 15.8. The molecule has 3 rings (SSSR count). The van der Waals surface area contributed by atoms with Crippen LogP contribution in [0.15, 0.2) is 0 Å². The molecule has 3 fully saturated rings. The van der Waals surface area contributed by atoms with Gasteiger partial charge in [-0.15, -0.1) is 0 Å². The third-order valence-corrected chi connectivity index (χ3v) is 6.20. The average molecular weight is 294 g/mol. The molecule has 3 nitrogen and oxygen atoms in total. The van der Waals surface area contributed by atoms with E-state index < -0.39 is 5.60 Å². The Bertz CT molecular complexity index is 329. The van der Waals surface area contributed by atoms with Crippen LogP contribution in [0.2, 0.25) is 0 Å². The van der Waals surface area contributed by atoms with E-state index in [1.807, 2.05) is 0 Å². The van der Waals surface area contributed by atoms with Crippen molar-refractivity contribution in [3.63, 3.8) is 0 Å². The standard InChI is InChI=1S/C18H34N2O/c1-14-6-4-10-18(21,12-14)13-20-17-8-3-2-7-15(17)16-9-5-11-19-16/h14-17,19-21H,2-13H2,1H3. The van der Waals surface area contributed by atoms with Crippen LogP contribution in [0.1, 0.15) is 71.1 Å². The molecule has 0 radical (unpaired) electrons. The van der Waals surface area contributed by atoms with Crippen LogP contribution in [0, 0.1) is 11.8 Å². The zero-order chi connectivity index (χ0) is 14.7. The Morgan fingerprint density at radius 2 is 1.95 bits per heavy atom. The minimum Gasteiger partial charge on any atom is -0.389 e. The van der Waals surface area contributed by atoms with Gasteiger partial charge in [0.05, 0.1) is 5.60 Å². The molecule has 3 heteroatoms. The molecule has 0 aromatic heterocycles. The molecule has 5 atom stereocenters. The molecule has 122 valence electrons. The fraction of sp³-hybridized carbons (Fsp3) is 1.00. The van der Waals surface area contributed by atoms with E-state index in [1.165, 1.54) is 57.9 Å². The fourth-order valence-corrected chi connectivity index (χ4v) is 5.09. The number of hydrogen-bond donors (Lipinski definition) is 3. The maximum Gasteiger partial charge on any atom is 0.0774 e. The lowest BCUT2D eigenvalue weighted by molar-refractivity contribution is -0.0168. The first-order chi connectivity index (χ1) is 10.2. The summed E-state index contributed by atoms with van der Waals surface area (Å²) < 4.78 is 0. The van der Waals surface area contributed by atoms with Crippen molar-refractivity contribution in [3.05, 3.63) is 0 Å². The summed E-state index contributed by atoms with van der Waals surface area (Å²) in [5.41, 5.74) is -0.442. The first-order valence-electron chi connectivity index (χ1n) is 9.35. The lowest BCUT2D eigenvalue weighted by Gasteiger charge is -2.41. The summed E-state index contributed by atoms with van der Waals surface area (Å²) >= 11 is 0. The van der Waals surface area contributed by atoms with E-state index in [0.717, 1.165) is 31.3 Å². The molecule has 21 heavy (non-hydrogen) atoms. The van der Waals surface area contributed by atoms with E-state index in [4.69, 9.17) is 0 Å². The predicted molar refractivity (Wildman–Crippen MR) is 87.4 cm³/mol. The highest BCUT2D eigenvalue weighted by Crippen LogP contribution is 2.34. The van der Waals surface area contributed by atoms with Gasteiger partial charge in [0.2, 0.25) is 0 Å². The van der Waals surface area contributed by atoms with Gasteiger partial charge in [-0.3, -0.25) is 0 Å². The zero-order valence-electron chi connectivity index (χ0n) is 13.7. The van der Waals surface area contributed by atoms with E-state index >= 15 is 0 Å². The minimum atomic E-state index is -0.442. The second-order valence-electron chi connectivity index (χ2n) is 8.06. The van der Waals surface area contributed by atoms with Crippen LogP contribution >= 0.6 is 0 Å². The van der Waals surface area contributed by atoms with Gasteiger partial charge in [-0.25, -0.2) is 0 Å². The van der Waals surface area contributed by atoms with E-state index in [0.29, 0.717) is 12.0 Å². The van der Waals surface area contributed by atoms with Crippen molar-refractivity contribution in [1.29, 1.82) is 0 Å². The Balaban J connectivity index is 1.54. The molecule has 0 aromatic rings. The van der Waals surface area contributed by atoms with E-state index in [9.17, 15) is 5.11 Å². The SMILES string of the molecule is CC1CCCC(O)(CNC2CCCCC2C2CCCN2)C1. The Kier molecular flexibility index (Phi) is 5.23. The highest BCUT2D eigenvalue weighted by molar-refractivity contribution is 4.94. The van der Waals surface area contributed by atoms with Crippen molar-refractivity contribution < 1.29 is 5.11 Å². The molecular formula is C18H34N2O. The van der Waals surface area contributed by atoms with Crippen molar-refractivity contribution >= 4 is 0 Å². The fourth-order valence-electron chi connectivity index (χ4n) is 5.09. The van der Waals surface area contributed by atoms with Crippen molar-refractivity contribution in [1.82, 2.24) is 10.6 Å². The molecule has 0 bridgehead atoms. The van der Waals surface area contributed by atoms with Gasteiger partial charge in [0.1, 0.15) is 0 Å². The van der Waals surface area contributed by atoms with Crippen LogP contribution < -0.4 is 10.6 Å². The minimum absolute atomic E-state index is 0.442. The number of hydrogen-bond acceptors (Lipinski definition) is 3. The monoisotopic (exact) mass is 294 g/mol. The van der Waals surface area contributed by atoms with Crippen molar-refractivity contribution in [2.75, 3.05) is 13.1 Å². The molecule has 0 spiro atoms. The summed E-state index contributed by atoms with van der Waals surface area (Å²) in [7, 11) is 0. The lowest BCUT2D eigenvalue weighted by atomic mass is 9.77. The summed E-state index contributed by atoms with van der Waals surface area (Å²) in [6.45, 7) is 4.30. The predicted octanol–water partition coefficient (Wildman–Crippen LogP) is 2.83. The Hall–Kier alpha value is -0.120. The van der Waals surface area contributed by atoms with Crippen LogP contribution in [0.25, 0.3) is 0 Å². The summed E-state index contributed by atoms with van der Waals surface area (Å²) in [6.07, 6.45) is 12.6. The van der Waals surface area contributed by atoms with Crippen molar-refractivity contribution in [2.24, 2.45) is 11.8 Å². The van der Waals surface area contributed by atoms with Crippen LogP contribution in [0.5, 0.6) is 0 Å². The molecule has 1 saturated heterocycles. The zero-order valence-corrected chi connectivity index (χ0v) is 13.7. The molecule has 1 heterocycles. The molecule has 5 unspecified atom stereocenters. The molecular weight excluding hydrogens is 260 g/mol. The number of rotatable bonds is 4. The van der Waals surface area contributed by atoms with Gasteiger partial charge in [0, 0.05) is 18.6 Å². The Morgan fingerprint density at radius 3 is 2.71 bits per heavy atom. The quantitative estimate of drug-likeness (QED) is 0.747. The maximum absolute atomic E-state index is 10.8. The third kappa shape index (κ3) is 4.00. The molecule has 0 amide bonds. The average Bonchev–Trinajstić information content (AvgIpc) is 2.99. The molecule has 2 saturated carbocycles. The Labute approximate surface area is 130 Å². The summed E-state index contributed by atoms with van der Waals surface area (Å²) in [6, 6.07) is 1.35. The summed E-state index contributed by atoms with van der Waals surface area (Å²) in [5, 5.41) is 18.3. The molecule has 3 aliphatic rings. The van der Waals surface area contributed by atoms with Crippen LogP contribution in [0.3, 0.4) is 0 Å². The van der Waals surface area contributed by atoms with Gasteiger partial charge < -0.3 is 15.7 Å². The first-order valence-corrected chi connectivity index (χ1v) is 9.35. The highest BCUT2D eigenvalue weighted by atomic mass is 16.3. The molecule has 1 aliphatic heterocycles. The second kappa shape index (κ2) is 6.97. The van der Waals surface area contributed by atoms with Gasteiger partial charge >= 0.3 is 0 Å². The van der Waals surface area contributed by atoms with Crippen LogP contribution in [0.4, 0.5) is 0 Å². The van der Waals surface area contributed by atoms with E-state index in [-0.39, 0.29) is 0 Å². The van der Waals surface area contributed by atoms with Gasteiger partial charge in [-0.05, 0) is 56.9 Å². The van der Waals surface area contributed by atoms with Crippen LogP contribution in [-0.4, -0.2) is 35.9 Å². The smallest absolute Gasteiger partial charge is 0.0774 e. The molecule has 2 aliphatic carbocycles. The van der Waals surface area contributed by atoms with Gasteiger partial charge in [-0.2, -0.15) is 0 Å². The van der Waals surface area contributed by atoms with Gasteiger partial charge in [0.25, 0.3) is 0 Å². The topological polar surface area (TPSA) is 44.3 Å². The third-order valence-electron chi connectivity index (χ3n) is 6.20. The van der Waals surface area contributed by atoms with Crippen LogP contribution in [-0.2, 0) is 0 Å². The summed E-state index contributed by atoms with van der Waals surface area (Å²) in [5.74, 6) is 1.47. The Morgan fingerprint density at radius 1 is 1.10 bits per heavy atom. The van der Waals surface area contributed by atoms with E-state index in [1.54, 1.807) is 0 Å². The van der Waals surface area contributed by atoms with Gasteiger partial charge in [-0.1, -0.05) is 32.6 Å². The number of nitrogens with one attached hydrogen (secondary N) is 2. The molecule has 3 N–H and O–H groups in total. The number of aliphatic hydroxyl groups is 1. The van der Waals surface area contributed by atoms with Crippen molar-refractivity contribution in [2.45, 2.75) is 88.8 Å². The largest absolute Gasteiger partial charge is 0.389 e. The highest BCUT2D eigenvalue weighted by Gasteiger charge is 2.36. The summed E-state index contributed by atoms with van der Waals surface area (Å²) in [4.78, 5) is 0. The molecule has 0 aromatic carbocycles. The van der Waals surface area contributed by atoms with Crippen molar-refractivity contribution in [3.8, 4) is 0 Å². The lowest BCUT2D eigenvalue weighted by Crippen LogP contribution is -2.52.